The Hall–Kier alpha value is -2.33. The summed E-state index contributed by atoms with van der Waals surface area (Å²) in [6.07, 6.45) is 1.73. The smallest absolute Gasteiger partial charge is 0.213 e. The molecule has 0 amide bonds. The van der Waals surface area contributed by atoms with Crippen molar-refractivity contribution >= 4 is 22.6 Å². The first-order chi connectivity index (χ1) is 10.2. The third kappa shape index (κ3) is 2.38. The molecule has 1 aromatic carbocycles. The maximum atomic E-state index is 6.36. The van der Waals surface area contributed by atoms with Gasteiger partial charge in [-0.3, -0.25) is 4.98 Å². The number of hydrogen-bond donors (Lipinski definition) is 0. The average molecular weight is 301 g/mol. The van der Waals surface area contributed by atoms with E-state index in [0.29, 0.717) is 16.7 Å². The molecule has 0 fully saturated rings. The number of rotatable bonds is 3. The van der Waals surface area contributed by atoms with Crippen LogP contribution in [0.15, 0.2) is 42.6 Å². The second-order valence-corrected chi connectivity index (χ2v) is 4.80. The number of aromatic nitrogens is 2. The Balaban J connectivity index is 2.35. The summed E-state index contributed by atoms with van der Waals surface area (Å²) in [5.74, 6) is 1.22. The molecule has 3 rings (SSSR count). The fraction of sp³-hybridized carbons (Fsp3) is 0.125. The van der Waals surface area contributed by atoms with E-state index in [2.05, 4.69) is 9.97 Å². The zero-order valence-corrected chi connectivity index (χ0v) is 12.4. The van der Waals surface area contributed by atoms with Gasteiger partial charge in [-0.1, -0.05) is 17.7 Å². The molecule has 0 spiro atoms. The normalized spacial score (nSPS) is 10.6. The third-order valence-electron chi connectivity index (χ3n) is 3.23. The van der Waals surface area contributed by atoms with Gasteiger partial charge in [-0.15, -0.1) is 0 Å². The van der Waals surface area contributed by atoms with E-state index in [0.717, 1.165) is 22.2 Å². The first kappa shape index (κ1) is 13.6. The lowest BCUT2D eigenvalue weighted by atomic mass is 10.0. The van der Waals surface area contributed by atoms with Crippen LogP contribution in [0.3, 0.4) is 0 Å². The van der Waals surface area contributed by atoms with E-state index in [9.17, 15) is 0 Å². The second-order valence-electron chi connectivity index (χ2n) is 4.40. The molecule has 5 heteroatoms. The molecule has 0 unspecified atom stereocenters. The minimum atomic E-state index is 0.530. The molecular weight excluding hydrogens is 288 g/mol. The summed E-state index contributed by atoms with van der Waals surface area (Å²) in [6.45, 7) is 0. The maximum Gasteiger partial charge on any atom is 0.213 e. The van der Waals surface area contributed by atoms with Gasteiger partial charge in [0.05, 0.1) is 24.8 Å². The Labute approximate surface area is 127 Å². The molecule has 0 aliphatic heterocycles. The van der Waals surface area contributed by atoms with Crippen LogP contribution in [0.2, 0.25) is 5.02 Å². The summed E-state index contributed by atoms with van der Waals surface area (Å²) in [7, 11) is 3.20. The van der Waals surface area contributed by atoms with Gasteiger partial charge in [0.2, 0.25) is 5.88 Å². The number of methoxy groups -OCH3 is 2. The molecule has 0 aliphatic rings. The summed E-state index contributed by atoms with van der Waals surface area (Å²) in [5.41, 5.74) is 3.16. The van der Waals surface area contributed by atoms with E-state index < -0.39 is 0 Å². The lowest BCUT2D eigenvalue weighted by Gasteiger charge is -2.12. The number of hydrogen-bond acceptors (Lipinski definition) is 4. The molecule has 0 saturated carbocycles. The van der Waals surface area contributed by atoms with Crippen LogP contribution in [-0.4, -0.2) is 24.2 Å². The molecule has 106 valence electrons. The highest BCUT2D eigenvalue weighted by atomic mass is 35.5. The van der Waals surface area contributed by atoms with E-state index in [1.165, 1.54) is 0 Å². The van der Waals surface area contributed by atoms with E-state index in [4.69, 9.17) is 21.1 Å². The maximum absolute atomic E-state index is 6.36. The highest BCUT2D eigenvalue weighted by Crippen LogP contribution is 2.39. The summed E-state index contributed by atoms with van der Waals surface area (Å²) in [6, 6.07) is 11.1. The first-order valence-electron chi connectivity index (χ1n) is 6.37. The third-order valence-corrected chi connectivity index (χ3v) is 3.55. The largest absolute Gasteiger partial charge is 0.496 e. The Morgan fingerprint density at radius 2 is 1.86 bits per heavy atom. The minimum absolute atomic E-state index is 0.530. The molecule has 0 radical (unpaired) electrons. The fourth-order valence-electron chi connectivity index (χ4n) is 2.26. The van der Waals surface area contributed by atoms with Crippen molar-refractivity contribution in [3.63, 3.8) is 0 Å². The number of ether oxygens (including phenoxy) is 2. The van der Waals surface area contributed by atoms with Crippen LogP contribution in [0.1, 0.15) is 0 Å². The predicted octanol–water partition coefficient (Wildman–Crippen LogP) is 3.97. The number of benzene rings is 1. The summed E-state index contributed by atoms with van der Waals surface area (Å²) < 4.78 is 10.6. The molecule has 0 bridgehead atoms. The van der Waals surface area contributed by atoms with Gasteiger partial charge in [-0.25, -0.2) is 4.98 Å². The fourth-order valence-corrected chi connectivity index (χ4v) is 2.53. The highest BCUT2D eigenvalue weighted by Gasteiger charge is 2.15. The van der Waals surface area contributed by atoms with Gasteiger partial charge in [-0.05, 0) is 24.3 Å². The van der Waals surface area contributed by atoms with Crippen LogP contribution in [0.5, 0.6) is 11.6 Å². The average Bonchev–Trinajstić information content (AvgIpc) is 2.53. The van der Waals surface area contributed by atoms with Crippen LogP contribution in [0.25, 0.3) is 22.2 Å². The number of halogens is 1. The topological polar surface area (TPSA) is 44.2 Å². The number of nitrogens with zero attached hydrogens (tertiary/aromatic N) is 2. The van der Waals surface area contributed by atoms with Gasteiger partial charge in [0.25, 0.3) is 0 Å². The van der Waals surface area contributed by atoms with Gasteiger partial charge >= 0.3 is 0 Å². The molecule has 2 aromatic heterocycles. The minimum Gasteiger partial charge on any atom is -0.496 e. The molecule has 0 saturated heterocycles. The van der Waals surface area contributed by atoms with Crippen molar-refractivity contribution in [3.8, 4) is 22.8 Å². The van der Waals surface area contributed by atoms with Crippen molar-refractivity contribution < 1.29 is 9.47 Å². The lowest BCUT2D eigenvalue weighted by Crippen LogP contribution is -1.94. The highest BCUT2D eigenvalue weighted by molar-refractivity contribution is 6.34. The van der Waals surface area contributed by atoms with E-state index >= 15 is 0 Å². The van der Waals surface area contributed by atoms with Crippen LogP contribution in [0, 0.1) is 0 Å². The van der Waals surface area contributed by atoms with Crippen molar-refractivity contribution in [1.82, 2.24) is 9.97 Å². The zero-order chi connectivity index (χ0) is 14.8. The van der Waals surface area contributed by atoms with E-state index in [-0.39, 0.29) is 0 Å². The summed E-state index contributed by atoms with van der Waals surface area (Å²) >= 11 is 6.36. The Kier molecular flexibility index (Phi) is 3.62. The molecule has 0 N–H and O–H groups in total. The van der Waals surface area contributed by atoms with E-state index in [1.54, 1.807) is 26.5 Å². The van der Waals surface area contributed by atoms with Gasteiger partial charge in [0.1, 0.15) is 11.3 Å². The summed E-state index contributed by atoms with van der Waals surface area (Å²) in [5, 5.41) is 0.603. The molecule has 0 atom stereocenters. The first-order valence-corrected chi connectivity index (χ1v) is 6.75. The summed E-state index contributed by atoms with van der Waals surface area (Å²) in [4.78, 5) is 8.81. The SMILES string of the molecule is COc1ccc2nccc(-c3c(Cl)cccc3OC)c2n1. The molecule has 4 nitrogen and oxygen atoms in total. The molecular formula is C16H13ClN2O2. The number of fused-ring (bicyclic) bond motifs is 1. The molecule has 21 heavy (non-hydrogen) atoms. The standard InChI is InChI=1S/C16H13ClN2O2/c1-20-13-5-3-4-11(17)15(13)10-8-9-18-12-6-7-14(21-2)19-16(10)12/h3-9H,1-2H3. The van der Waals surface area contributed by atoms with Crippen molar-refractivity contribution in [2.24, 2.45) is 0 Å². The zero-order valence-electron chi connectivity index (χ0n) is 11.6. The molecule has 2 heterocycles. The van der Waals surface area contributed by atoms with Crippen LogP contribution >= 0.6 is 11.6 Å². The Morgan fingerprint density at radius 3 is 2.62 bits per heavy atom. The van der Waals surface area contributed by atoms with Crippen molar-refractivity contribution in [2.75, 3.05) is 14.2 Å². The number of pyridine rings is 2. The van der Waals surface area contributed by atoms with Crippen molar-refractivity contribution in [1.29, 1.82) is 0 Å². The lowest BCUT2D eigenvalue weighted by molar-refractivity contribution is 0.399. The van der Waals surface area contributed by atoms with Gasteiger partial charge in [0, 0.05) is 23.4 Å². The van der Waals surface area contributed by atoms with Gasteiger partial charge in [-0.2, -0.15) is 0 Å². The van der Waals surface area contributed by atoms with Gasteiger partial charge < -0.3 is 9.47 Å². The van der Waals surface area contributed by atoms with Crippen molar-refractivity contribution in [3.05, 3.63) is 47.6 Å². The predicted molar refractivity (Wildman–Crippen MR) is 83.1 cm³/mol. The monoisotopic (exact) mass is 300 g/mol. The van der Waals surface area contributed by atoms with Crippen LogP contribution < -0.4 is 9.47 Å². The van der Waals surface area contributed by atoms with E-state index in [1.807, 2.05) is 30.3 Å². The Bertz CT molecular complexity index is 805. The molecule has 0 aliphatic carbocycles. The van der Waals surface area contributed by atoms with Crippen molar-refractivity contribution in [2.45, 2.75) is 0 Å². The van der Waals surface area contributed by atoms with Gasteiger partial charge in [0.15, 0.2) is 0 Å². The second kappa shape index (κ2) is 5.58. The quantitative estimate of drug-likeness (QED) is 0.734. The van der Waals surface area contributed by atoms with Crippen LogP contribution in [0.4, 0.5) is 0 Å². The Morgan fingerprint density at radius 1 is 1.00 bits per heavy atom. The van der Waals surface area contributed by atoms with Crippen LogP contribution in [-0.2, 0) is 0 Å². The molecule has 3 aromatic rings.